The molecule has 0 aliphatic carbocycles. The summed E-state index contributed by atoms with van der Waals surface area (Å²) in [4.78, 5) is 41.3. The second-order valence-electron chi connectivity index (χ2n) is 4.59. The third kappa shape index (κ3) is 4.74. The lowest BCUT2D eigenvalue weighted by atomic mass is 9.96. The fraction of sp³-hybridized carbons (Fsp3) is 0.727. The Morgan fingerprint density at radius 2 is 1.89 bits per heavy atom. The normalized spacial score (nSPS) is 16.0. The second kappa shape index (κ2) is 6.93. The van der Waals surface area contributed by atoms with E-state index in [-0.39, 0.29) is 17.9 Å². The van der Waals surface area contributed by atoms with E-state index < -0.39 is 12.6 Å². The Balaban J connectivity index is 2.31. The first kappa shape index (κ1) is 15.2. The number of aliphatic carboxylic acids is 1. The Morgan fingerprint density at radius 3 is 2.37 bits per heavy atom. The number of carboxylic acid groups (broad SMARTS) is 1. The van der Waals surface area contributed by atoms with Gasteiger partial charge in [-0.1, -0.05) is 0 Å². The van der Waals surface area contributed by atoms with Gasteiger partial charge in [0, 0.05) is 33.1 Å². The summed E-state index contributed by atoms with van der Waals surface area (Å²) in [5.74, 6) is -1.73. The zero-order valence-corrected chi connectivity index (χ0v) is 11.1. The molecule has 0 spiro atoms. The summed E-state index contributed by atoms with van der Waals surface area (Å²) < 4.78 is 0. The molecule has 1 heterocycles. The number of carboxylic acids is 1. The van der Waals surface area contributed by atoms with Crippen molar-refractivity contribution in [3.63, 3.8) is 0 Å². The van der Waals surface area contributed by atoms with Gasteiger partial charge in [-0.2, -0.15) is 0 Å². The molecule has 8 heteroatoms. The molecular formula is C11H19N3O5. The predicted molar refractivity (Wildman–Crippen MR) is 65.1 cm³/mol. The number of piperidine rings is 1. The molecule has 0 unspecified atom stereocenters. The van der Waals surface area contributed by atoms with Crippen molar-refractivity contribution in [1.29, 1.82) is 0 Å². The topological polar surface area (TPSA) is 99.2 Å². The third-order valence-electron chi connectivity index (χ3n) is 2.89. The molecule has 0 atom stereocenters. The van der Waals surface area contributed by atoms with Gasteiger partial charge in [0.1, 0.15) is 0 Å². The van der Waals surface area contributed by atoms with Crippen LogP contribution in [0.4, 0.5) is 4.79 Å². The number of hydrogen-bond acceptors (Lipinski definition) is 4. The van der Waals surface area contributed by atoms with Gasteiger partial charge >= 0.3 is 12.0 Å². The van der Waals surface area contributed by atoms with Crippen LogP contribution in [0.15, 0.2) is 0 Å². The Hall–Kier alpha value is -1.83. The van der Waals surface area contributed by atoms with Crippen LogP contribution >= 0.6 is 0 Å². The van der Waals surface area contributed by atoms with E-state index >= 15 is 0 Å². The van der Waals surface area contributed by atoms with Crippen molar-refractivity contribution in [2.75, 3.05) is 33.8 Å². The Bertz CT molecular complexity index is 350. The van der Waals surface area contributed by atoms with Crippen LogP contribution in [0.5, 0.6) is 0 Å². The molecule has 1 fully saturated rings. The Kier molecular flexibility index (Phi) is 5.56. The van der Waals surface area contributed by atoms with Crippen LogP contribution in [0.2, 0.25) is 0 Å². The number of rotatable bonds is 4. The molecule has 0 radical (unpaired) electrons. The molecule has 108 valence electrons. The molecule has 1 rings (SSSR count). The highest BCUT2D eigenvalue weighted by atomic mass is 16.7. The number of carbonyl (C=O) groups excluding carboxylic acids is 2. The van der Waals surface area contributed by atoms with Gasteiger partial charge in [-0.3, -0.25) is 9.63 Å². The van der Waals surface area contributed by atoms with Crippen molar-refractivity contribution in [3.8, 4) is 0 Å². The molecule has 1 aliphatic heterocycles. The van der Waals surface area contributed by atoms with E-state index in [2.05, 4.69) is 10.3 Å². The van der Waals surface area contributed by atoms with Gasteiger partial charge in [0.05, 0.1) is 0 Å². The first-order valence-corrected chi connectivity index (χ1v) is 6.01. The predicted octanol–water partition coefficient (Wildman–Crippen LogP) is -0.488. The van der Waals surface area contributed by atoms with Gasteiger partial charge in [-0.05, 0) is 12.8 Å². The zero-order valence-electron chi connectivity index (χ0n) is 11.1. The number of nitrogens with one attached hydrogen (secondary N) is 1. The standard InChI is InChI=1S/C11H19N3O5/c1-13(2)11(18)14-5-3-8(4-6-14)10(17)12-19-7-9(15)16/h8H,3-7H2,1-2H3,(H,12,17)(H,15,16). The SMILES string of the molecule is CN(C)C(=O)N1CCC(C(=O)NOCC(=O)O)CC1. The van der Waals surface area contributed by atoms with Crippen molar-refractivity contribution in [2.45, 2.75) is 12.8 Å². The van der Waals surface area contributed by atoms with Gasteiger partial charge < -0.3 is 14.9 Å². The van der Waals surface area contributed by atoms with Crippen LogP contribution in [0.25, 0.3) is 0 Å². The third-order valence-corrected chi connectivity index (χ3v) is 2.89. The number of hydroxylamine groups is 1. The molecular weight excluding hydrogens is 254 g/mol. The lowest BCUT2D eigenvalue weighted by Gasteiger charge is -2.32. The van der Waals surface area contributed by atoms with E-state index in [0.717, 1.165) is 0 Å². The highest BCUT2D eigenvalue weighted by molar-refractivity contribution is 5.79. The minimum absolute atomic E-state index is 0.0685. The highest BCUT2D eigenvalue weighted by Gasteiger charge is 2.28. The average Bonchev–Trinajstić information content (AvgIpc) is 2.37. The van der Waals surface area contributed by atoms with Gasteiger partial charge in [0.25, 0.3) is 0 Å². The molecule has 0 aromatic rings. The summed E-state index contributed by atoms with van der Waals surface area (Å²) in [6.07, 6.45) is 1.09. The van der Waals surface area contributed by atoms with Gasteiger partial charge in [-0.25, -0.2) is 15.1 Å². The van der Waals surface area contributed by atoms with Crippen LogP contribution in [-0.2, 0) is 14.4 Å². The number of hydrogen-bond donors (Lipinski definition) is 2. The first-order chi connectivity index (χ1) is 8.91. The average molecular weight is 273 g/mol. The van der Waals surface area contributed by atoms with Crippen molar-refractivity contribution >= 4 is 17.9 Å². The second-order valence-corrected chi connectivity index (χ2v) is 4.59. The van der Waals surface area contributed by atoms with E-state index in [9.17, 15) is 14.4 Å². The quantitative estimate of drug-likeness (QED) is 0.673. The molecule has 0 aromatic heterocycles. The summed E-state index contributed by atoms with van der Waals surface area (Å²) in [6.45, 7) is 0.450. The summed E-state index contributed by atoms with van der Waals surface area (Å²) in [5.41, 5.74) is 2.12. The maximum Gasteiger partial charge on any atom is 0.332 e. The van der Waals surface area contributed by atoms with E-state index in [4.69, 9.17) is 5.11 Å². The van der Waals surface area contributed by atoms with Crippen molar-refractivity contribution in [3.05, 3.63) is 0 Å². The van der Waals surface area contributed by atoms with E-state index in [1.165, 1.54) is 4.90 Å². The summed E-state index contributed by atoms with van der Waals surface area (Å²) in [6, 6.07) is -0.0685. The number of amides is 3. The van der Waals surface area contributed by atoms with E-state index in [1.807, 2.05) is 0 Å². The summed E-state index contributed by atoms with van der Waals surface area (Å²) in [5, 5.41) is 8.36. The fourth-order valence-electron chi connectivity index (χ4n) is 1.87. The van der Waals surface area contributed by atoms with Crippen LogP contribution in [0.3, 0.4) is 0 Å². The molecule has 0 aromatic carbocycles. The minimum Gasteiger partial charge on any atom is -0.479 e. The molecule has 0 saturated carbocycles. The summed E-state index contributed by atoms with van der Waals surface area (Å²) in [7, 11) is 3.36. The van der Waals surface area contributed by atoms with Gasteiger partial charge in [0.2, 0.25) is 5.91 Å². The van der Waals surface area contributed by atoms with E-state index in [1.54, 1.807) is 19.0 Å². The smallest absolute Gasteiger partial charge is 0.332 e. The fourth-order valence-corrected chi connectivity index (χ4v) is 1.87. The van der Waals surface area contributed by atoms with Gasteiger partial charge in [0.15, 0.2) is 6.61 Å². The number of nitrogens with zero attached hydrogens (tertiary/aromatic N) is 2. The highest BCUT2D eigenvalue weighted by Crippen LogP contribution is 2.18. The van der Waals surface area contributed by atoms with Crippen molar-refractivity contribution in [1.82, 2.24) is 15.3 Å². The maximum absolute atomic E-state index is 11.7. The van der Waals surface area contributed by atoms with Crippen LogP contribution in [0, 0.1) is 5.92 Å². The number of likely N-dealkylation sites (tertiary alicyclic amines) is 1. The molecule has 1 aliphatic rings. The molecule has 0 bridgehead atoms. The van der Waals surface area contributed by atoms with Crippen LogP contribution in [0.1, 0.15) is 12.8 Å². The number of carbonyl (C=O) groups is 3. The lowest BCUT2D eigenvalue weighted by molar-refractivity contribution is -0.151. The zero-order chi connectivity index (χ0) is 14.4. The molecule has 2 N–H and O–H groups in total. The molecule has 1 saturated heterocycles. The van der Waals surface area contributed by atoms with Gasteiger partial charge in [-0.15, -0.1) is 0 Å². The minimum atomic E-state index is -1.15. The van der Waals surface area contributed by atoms with Crippen molar-refractivity contribution in [2.24, 2.45) is 5.92 Å². The Labute approximate surface area is 111 Å². The Morgan fingerprint density at radius 1 is 1.32 bits per heavy atom. The van der Waals surface area contributed by atoms with E-state index in [0.29, 0.717) is 25.9 Å². The monoisotopic (exact) mass is 273 g/mol. The number of urea groups is 1. The van der Waals surface area contributed by atoms with Crippen molar-refractivity contribution < 1.29 is 24.3 Å². The maximum atomic E-state index is 11.7. The first-order valence-electron chi connectivity index (χ1n) is 6.01. The molecule has 19 heavy (non-hydrogen) atoms. The van der Waals surface area contributed by atoms with Crippen LogP contribution < -0.4 is 5.48 Å². The largest absolute Gasteiger partial charge is 0.479 e. The lowest BCUT2D eigenvalue weighted by Crippen LogP contribution is -2.46. The summed E-state index contributed by atoms with van der Waals surface area (Å²) >= 11 is 0. The molecule has 3 amide bonds. The van der Waals surface area contributed by atoms with Crippen LogP contribution in [-0.4, -0.2) is 66.6 Å². The molecule has 8 nitrogen and oxygen atoms in total.